The molecule has 0 aliphatic carbocycles. The molecule has 1 atom stereocenters. The van der Waals surface area contributed by atoms with E-state index in [9.17, 15) is 4.79 Å². The number of hydrogen-bond acceptors (Lipinski definition) is 3. The van der Waals surface area contributed by atoms with Crippen LogP contribution in [0.4, 0.5) is 0 Å². The predicted molar refractivity (Wildman–Crippen MR) is 150 cm³/mol. The highest BCUT2D eigenvalue weighted by molar-refractivity contribution is 14.0. The van der Waals surface area contributed by atoms with Crippen LogP contribution in [-0.4, -0.2) is 30.2 Å². The predicted octanol–water partition coefficient (Wildman–Crippen LogP) is 4.74. The van der Waals surface area contributed by atoms with Crippen molar-refractivity contribution in [2.24, 2.45) is 4.99 Å². The van der Waals surface area contributed by atoms with E-state index in [0.717, 1.165) is 36.6 Å². The Hall–Kier alpha value is -2.65. The number of rotatable bonds is 11. The maximum absolute atomic E-state index is 11.9. The Morgan fingerprint density at radius 2 is 1.68 bits per heavy atom. The van der Waals surface area contributed by atoms with Crippen molar-refractivity contribution in [3.8, 4) is 0 Å². The molecule has 0 amide bonds. The van der Waals surface area contributed by atoms with E-state index >= 15 is 0 Å². The van der Waals surface area contributed by atoms with Crippen LogP contribution in [0.25, 0.3) is 0 Å². The molecule has 0 radical (unpaired) electrons. The lowest BCUT2D eigenvalue weighted by atomic mass is 10.1. The van der Waals surface area contributed by atoms with Crippen LogP contribution >= 0.6 is 24.0 Å². The van der Waals surface area contributed by atoms with Crippen molar-refractivity contribution in [1.82, 2.24) is 15.2 Å². The lowest BCUT2D eigenvalue weighted by Gasteiger charge is -2.14. The molecule has 1 heterocycles. The Morgan fingerprint density at radius 3 is 2.38 bits per heavy atom. The summed E-state index contributed by atoms with van der Waals surface area (Å²) in [6.07, 6.45) is 2.80. The first-order chi connectivity index (χ1) is 16.2. The molecular weight excluding hydrogens is 539 g/mol. The second-order valence-electron chi connectivity index (χ2n) is 7.88. The van der Waals surface area contributed by atoms with Crippen LogP contribution in [0.15, 0.2) is 88.8 Å². The van der Waals surface area contributed by atoms with Gasteiger partial charge in [-0.1, -0.05) is 60.7 Å². The number of aliphatic imine (C=N–C) groups is 1. The maximum atomic E-state index is 11.9. The van der Waals surface area contributed by atoms with Crippen molar-refractivity contribution < 1.29 is 4.74 Å². The molecule has 1 unspecified atom stereocenters. The quantitative estimate of drug-likeness (QED) is 0.150. The second-order valence-corrected chi connectivity index (χ2v) is 7.88. The zero-order valence-electron chi connectivity index (χ0n) is 19.9. The Morgan fingerprint density at radius 1 is 0.971 bits per heavy atom. The second kappa shape index (κ2) is 15.3. The molecular formula is C27H35IN4O2. The van der Waals surface area contributed by atoms with E-state index in [1.165, 1.54) is 5.56 Å². The molecule has 6 nitrogen and oxygen atoms in total. The van der Waals surface area contributed by atoms with Crippen molar-refractivity contribution >= 4 is 29.9 Å². The van der Waals surface area contributed by atoms with E-state index in [-0.39, 0.29) is 35.6 Å². The number of nitrogens with zero attached hydrogens (tertiary/aromatic N) is 2. The highest BCUT2D eigenvalue weighted by Gasteiger charge is 2.05. The van der Waals surface area contributed by atoms with Gasteiger partial charge in [-0.25, -0.2) is 4.99 Å². The first-order valence-electron chi connectivity index (χ1n) is 11.6. The molecule has 0 saturated carbocycles. The first-order valence-corrected chi connectivity index (χ1v) is 11.6. The fourth-order valence-electron chi connectivity index (χ4n) is 3.41. The molecule has 0 bridgehead atoms. The molecule has 0 saturated heterocycles. The largest absolute Gasteiger partial charge is 0.374 e. The van der Waals surface area contributed by atoms with E-state index in [1.807, 2.05) is 30.5 Å². The minimum absolute atomic E-state index is 0. The normalized spacial score (nSPS) is 12.0. The van der Waals surface area contributed by atoms with Gasteiger partial charge < -0.3 is 19.9 Å². The van der Waals surface area contributed by atoms with Crippen LogP contribution in [0.2, 0.25) is 0 Å². The van der Waals surface area contributed by atoms with Crippen LogP contribution in [0, 0.1) is 0 Å². The summed E-state index contributed by atoms with van der Waals surface area (Å²) in [5, 5.41) is 6.66. The standard InChI is InChI=1S/C27H34N4O2.HI/c1-3-28-27(29-17-9-19-33-22(2)25-10-5-4-6-11-25)30-20-23-13-15-24(16-14-23)21-31-18-8-7-12-26(31)32;/h4-8,10-16,18,22H,3,9,17,19-21H2,1-2H3,(H2,28,29,30);1H. The van der Waals surface area contributed by atoms with E-state index in [2.05, 4.69) is 60.9 Å². The molecule has 182 valence electrons. The molecule has 0 aliphatic rings. The SMILES string of the molecule is CCNC(=NCc1ccc(Cn2ccccc2=O)cc1)NCCCOC(C)c1ccccc1.I. The molecule has 3 aromatic rings. The third-order valence-corrected chi connectivity index (χ3v) is 5.29. The topological polar surface area (TPSA) is 67.7 Å². The van der Waals surface area contributed by atoms with E-state index in [0.29, 0.717) is 19.7 Å². The third-order valence-electron chi connectivity index (χ3n) is 5.29. The zero-order valence-corrected chi connectivity index (χ0v) is 22.3. The minimum Gasteiger partial charge on any atom is -0.374 e. The number of halogens is 1. The number of benzene rings is 2. The van der Waals surface area contributed by atoms with E-state index in [1.54, 1.807) is 16.7 Å². The van der Waals surface area contributed by atoms with Gasteiger partial charge in [-0.15, -0.1) is 24.0 Å². The Bertz CT molecular complexity index is 1050. The van der Waals surface area contributed by atoms with Gasteiger partial charge in [0.25, 0.3) is 5.56 Å². The summed E-state index contributed by atoms with van der Waals surface area (Å²) in [5.41, 5.74) is 3.41. The summed E-state index contributed by atoms with van der Waals surface area (Å²) in [4.78, 5) is 16.6. The maximum Gasteiger partial charge on any atom is 0.250 e. The minimum atomic E-state index is 0. The van der Waals surface area contributed by atoms with Gasteiger partial charge in [-0.05, 0) is 43.0 Å². The smallest absolute Gasteiger partial charge is 0.250 e. The average Bonchev–Trinajstić information content (AvgIpc) is 2.85. The third kappa shape index (κ3) is 9.30. The summed E-state index contributed by atoms with van der Waals surface area (Å²) in [7, 11) is 0. The van der Waals surface area contributed by atoms with Crippen LogP contribution in [0.1, 0.15) is 43.1 Å². The van der Waals surface area contributed by atoms with Gasteiger partial charge in [0.15, 0.2) is 5.96 Å². The number of guanidine groups is 1. The van der Waals surface area contributed by atoms with Gasteiger partial charge in [0, 0.05) is 32.0 Å². The lowest BCUT2D eigenvalue weighted by molar-refractivity contribution is 0.0646. The van der Waals surface area contributed by atoms with Gasteiger partial charge in [0.2, 0.25) is 0 Å². The zero-order chi connectivity index (χ0) is 23.3. The molecule has 0 spiro atoms. The molecule has 3 rings (SSSR count). The van der Waals surface area contributed by atoms with Crippen LogP contribution < -0.4 is 16.2 Å². The monoisotopic (exact) mass is 574 g/mol. The molecule has 34 heavy (non-hydrogen) atoms. The van der Waals surface area contributed by atoms with Crippen molar-refractivity contribution in [2.75, 3.05) is 19.7 Å². The Labute approximate surface area is 219 Å². The molecule has 0 fully saturated rings. The summed E-state index contributed by atoms with van der Waals surface area (Å²) in [6.45, 7) is 7.57. The van der Waals surface area contributed by atoms with Gasteiger partial charge in [0.1, 0.15) is 0 Å². The molecule has 2 N–H and O–H groups in total. The molecule has 2 aromatic carbocycles. The van der Waals surface area contributed by atoms with Crippen LogP contribution in [0.3, 0.4) is 0 Å². The number of ether oxygens (including phenoxy) is 1. The van der Waals surface area contributed by atoms with Gasteiger partial charge >= 0.3 is 0 Å². The van der Waals surface area contributed by atoms with Crippen molar-refractivity contribution in [3.63, 3.8) is 0 Å². The fourth-order valence-corrected chi connectivity index (χ4v) is 3.41. The van der Waals surface area contributed by atoms with Gasteiger partial charge in [0.05, 0.1) is 19.2 Å². The number of nitrogens with one attached hydrogen (secondary N) is 2. The highest BCUT2D eigenvalue weighted by atomic mass is 127. The molecule has 7 heteroatoms. The Kier molecular flexibility index (Phi) is 12.4. The molecule has 0 aliphatic heterocycles. The fraction of sp³-hybridized carbons (Fsp3) is 0.333. The lowest BCUT2D eigenvalue weighted by Crippen LogP contribution is -2.38. The van der Waals surface area contributed by atoms with Gasteiger partial charge in [-0.3, -0.25) is 4.79 Å². The van der Waals surface area contributed by atoms with Crippen molar-refractivity contribution in [1.29, 1.82) is 0 Å². The van der Waals surface area contributed by atoms with Crippen LogP contribution in [0.5, 0.6) is 0 Å². The number of aromatic nitrogens is 1. The van der Waals surface area contributed by atoms with E-state index < -0.39 is 0 Å². The van der Waals surface area contributed by atoms with Crippen molar-refractivity contribution in [2.45, 2.75) is 39.5 Å². The summed E-state index contributed by atoms with van der Waals surface area (Å²) < 4.78 is 7.64. The first kappa shape index (κ1) is 27.6. The Balaban J connectivity index is 0.00000408. The summed E-state index contributed by atoms with van der Waals surface area (Å²) in [6, 6.07) is 23.7. The van der Waals surface area contributed by atoms with Crippen LogP contribution in [-0.2, 0) is 17.8 Å². The number of pyridine rings is 1. The van der Waals surface area contributed by atoms with Gasteiger partial charge in [-0.2, -0.15) is 0 Å². The highest BCUT2D eigenvalue weighted by Crippen LogP contribution is 2.15. The molecule has 1 aromatic heterocycles. The summed E-state index contributed by atoms with van der Waals surface area (Å²) in [5.74, 6) is 0.800. The summed E-state index contributed by atoms with van der Waals surface area (Å²) >= 11 is 0. The number of hydrogen-bond donors (Lipinski definition) is 2. The van der Waals surface area contributed by atoms with Crippen molar-refractivity contribution in [3.05, 3.63) is 106 Å². The average molecular weight is 575 g/mol. The van der Waals surface area contributed by atoms with E-state index in [4.69, 9.17) is 9.73 Å².